The minimum Gasteiger partial charge on any atom is -0.462 e. The van der Waals surface area contributed by atoms with Crippen molar-refractivity contribution in [2.45, 2.75) is 401 Å². The van der Waals surface area contributed by atoms with Crippen molar-refractivity contribution in [2.24, 2.45) is 23.7 Å². The van der Waals surface area contributed by atoms with Crippen molar-refractivity contribution in [3.05, 3.63) is 0 Å². The maximum absolute atomic E-state index is 13.1. The van der Waals surface area contributed by atoms with Crippen LogP contribution in [0, 0.1) is 23.7 Å². The summed E-state index contributed by atoms with van der Waals surface area (Å²) in [6.07, 6.45) is 49.9. The minimum atomic E-state index is -4.96. The van der Waals surface area contributed by atoms with E-state index in [0.717, 1.165) is 120 Å². The molecule has 0 fully saturated rings. The second kappa shape index (κ2) is 65.4. The first-order valence-electron chi connectivity index (χ1n) is 39.3. The maximum atomic E-state index is 13.1. The zero-order valence-electron chi connectivity index (χ0n) is 62.3. The van der Waals surface area contributed by atoms with Crippen LogP contribution in [0.25, 0.3) is 0 Å². The first kappa shape index (κ1) is 93.1. The van der Waals surface area contributed by atoms with Crippen molar-refractivity contribution in [2.75, 3.05) is 39.6 Å². The standard InChI is InChI=1S/C76H148O17P2/c1-9-68(7)54-46-38-30-24-19-21-25-31-40-48-56-73(78)86-62-71(92-75(80)58-50-42-32-26-17-15-13-11-12-14-16-22-28-36-44-52-66(3)4)64-90-94(82,83)88-60-70(77)61-89-95(84,85)91-65-72(63-87-74(79)57-49-41-35-34-39-47-55-69(8)10-2)93-76(81)59-51-43-33-27-20-18-23-29-37-45-53-67(5)6/h66-72,77H,9-65H2,1-8H3,(H,82,83)(H,84,85)/t68?,69?,70-,71-,72-/m1/s1. The molecule has 0 saturated carbocycles. The van der Waals surface area contributed by atoms with Crippen LogP contribution >= 0.6 is 15.6 Å². The molecule has 4 unspecified atom stereocenters. The van der Waals surface area contributed by atoms with E-state index in [0.29, 0.717) is 25.7 Å². The predicted molar refractivity (Wildman–Crippen MR) is 386 cm³/mol. The smallest absolute Gasteiger partial charge is 0.462 e. The van der Waals surface area contributed by atoms with E-state index in [4.69, 9.17) is 37.0 Å². The van der Waals surface area contributed by atoms with Gasteiger partial charge in [0.25, 0.3) is 0 Å². The Morgan fingerprint density at radius 1 is 0.295 bits per heavy atom. The Balaban J connectivity index is 5.26. The lowest BCUT2D eigenvalue weighted by atomic mass is 9.99. The second-order valence-electron chi connectivity index (χ2n) is 28.8. The first-order chi connectivity index (χ1) is 45.7. The molecule has 0 heterocycles. The van der Waals surface area contributed by atoms with Crippen LogP contribution in [0.5, 0.6) is 0 Å². The zero-order chi connectivity index (χ0) is 70.3. The largest absolute Gasteiger partial charge is 0.472 e. The van der Waals surface area contributed by atoms with Crippen LogP contribution in [-0.2, 0) is 65.4 Å². The van der Waals surface area contributed by atoms with Gasteiger partial charge in [-0.15, -0.1) is 0 Å². The number of ether oxygens (including phenoxy) is 4. The van der Waals surface area contributed by atoms with Crippen LogP contribution in [0.1, 0.15) is 383 Å². The fourth-order valence-electron chi connectivity index (χ4n) is 11.5. The van der Waals surface area contributed by atoms with Crippen LogP contribution in [0.15, 0.2) is 0 Å². The molecule has 0 spiro atoms. The molecule has 0 saturated heterocycles. The summed E-state index contributed by atoms with van der Waals surface area (Å²) in [5, 5.41) is 10.6. The Bertz CT molecular complexity index is 1870. The number of phosphoric acid groups is 2. The van der Waals surface area contributed by atoms with Crippen molar-refractivity contribution >= 4 is 39.5 Å². The fourth-order valence-corrected chi connectivity index (χ4v) is 13.1. The van der Waals surface area contributed by atoms with Crippen LogP contribution < -0.4 is 0 Å². The van der Waals surface area contributed by atoms with Crippen LogP contribution in [0.4, 0.5) is 0 Å². The van der Waals surface area contributed by atoms with E-state index in [-0.39, 0.29) is 25.7 Å². The number of phosphoric ester groups is 2. The van der Waals surface area contributed by atoms with Gasteiger partial charge in [0.1, 0.15) is 19.3 Å². The Hall–Kier alpha value is -1.94. The van der Waals surface area contributed by atoms with Gasteiger partial charge in [0, 0.05) is 25.7 Å². The average Bonchev–Trinajstić information content (AvgIpc) is 1.54. The summed E-state index contributed by atoms with van der Waals surface area (Å²) in [4.78, 5) is 72.8. The van der Waals surface area contributed by atoms with Crippen molar-refractivity contribution in [3.8, 4) is 0 Å². The van der Waals surface area contributed by atoms with Gasteiger partial charge in [-0.2, -0.15) is 0 Å². The molecule has 564 valence electrons. The molecule has 0 bridgehead atoms. The van der Waals surface area contributed by atoms with Crippen molar-refractivity contribution < 1.29 is 80.2 Å². The van der Waals surface area contributed by atoms with Crippen molar-refractivity contribution in [1.29, 1.82) is 0 Å². The molecule has 0 aromatic rings. The molecule has 3 N–H and O–H groups in total. The summed E-state index contributed by atoms with van der Waals surface area (Å²) in [7, 11) is -9.91. The number of carbonyl (C=O) groups excluding carboxylic acids is 4. The van der Waals surface area contributed by atoms with E-state index in [9.17, 15) is 43.2 Å². The average molecular weight is 1400 g/mol. The van der Waals surface area contributed by atoms with E-state index in [1.165, 1.54) is 180 Å². The lowest BCUT2D eigenvalue weighted by Crippen LogP contribution is -2.30. The fraction of sp³-hybridized carbons (Fsp3) is 0.947. The van der Waals surface area contributed by atoms with Gasteiger partial charge in [-0.05, 0) is 49.4 Å². The molecule has 0 aliphatic rings. The van der Waals surface area contributed by atoms with Crippen LogP contribution in [0.3, 0.4) is 0 Å². The lowest BCUT2D eigenvalue weighted by Gasteiger charge is -2.21. The van der Waals surface area contributed by atoms with Gasteiger partial charge in [0.15, 0.2) is 12.2 Å². The van der Waals surface area contributed by atoms with E-state index in [2.05, 4.69) is 55.4 Å². The number of hydrogen-bond donors (Lipinski definition) is 3. The highest BCUT2D eigenvalue weighted by Crippen LogP contribution is 2.45. The molecule has 0 rings (SSSR count). The topological polar surface area (TPSA) is 237 Å². The molecule has 19 heteroatoms. The highest BCUT2D eigenvalue weighted by Gasteiger charge is 2.30. The quantitative estimate of drug-likeness (QED) is 0.0222. The van der Waals surface area contributed by atoms with E-state index in [1.54, 1.807) is 0 Å². The minimum absolute atomic E-state index is 0.105. The molecule has 0 aliphatic carbocycles. The number of unbranched alkanes of at least 4 members (excludes halogenated alkanes) is 37. The summed E-state index contributed by atoms with van der Waals surface area (Å²) < 4.78 is 68.5. The van der Waals surface area contributed by atoms with E-state index in [1.807, 2.05) is 0 Å². The second-order valence-corrected chi connectivity index (χ2v) is 31.7. The van der Waals surface area contributed by atoms with E-state index >= 15 is 0 Å². The van der Waals surface area contributed by atoms with Crippen molar-refractivity contribution in [1.82, 2.24) is 0 Å². The third-order valence-electron chi connectivity index (χ3n) is 18.3. The lowest BCUT2D eigenvalue weighted by molar-refractivity contribution is -0.161. The monoisotopic (exact) mass is 1400 g/mol. The van der Waals surface area contributed by atoms with Gasteiger partial charge < -0.3 is 33.8 Å². The third-order valence-corrected chi connectivity index (χ3v) is 20.2. The molecule has 95 heavy (non-hydrogen) atoms. The Morgan fingerprint density at radius 3 is 0.747 bits per heavy atom. The number of carbonyl (C=O) groups is 4. The summed E-state index contributed by atoms with van der Waals surface area (Å²) in [5.41, 5.74) is 0. The number of rotatable bonds is 73. The van der Waals surface area contributed by atoms with Gasteiger partial charge >= 0.3 is 39.5 Å². The summed E-state index contributed by atoms with van der Waals surface area (Å²) in [5.74, 6) is 0.973. The molecular weight excluding hydrogens is 1250 g/mol. The van der Waals surface area contributed by atoms with Gasteiger partial charge in [-0.3, -0.25) is 37.3 Å². The summed E-state index contributed by atoms with van der Waals surface area (Å²) in [6, 6.07) is 0. The normalized spacial score (nSPS) is 14.7. The Labute approximate surface area is 581 Å². The Morgan fingerprint density at radius 2 is 0.505 bits per heavy atom. The molecule has 0 aromatic heterocycles. The summed E-state index contributed by atoms with van der Waals surface area (Å²) in [6.45, 7) is 14.2. The van der Waals surface area contributed by atoms with Gasteiger partial charge in [-0.25, -0.2) is 9.13 Å². The summed E-state index contributed by atoms with van der Waals surface area (Å²) >= 11 is 0. The SMILES string of the molecule is CCC(C)CCCCCCCCCCCCC(=O)OC[C@H](COP(=O)(O)OC[C@@H](O)COP(=O)(O)OC[C@@H](COC(=O)CCCCCCCCC(C)CC)OC(=O)CCCCCCCCCCCCC(C)C)OC(=O)CCCCCCCCCCCCCCCCCC(C)C. The molecule has 17 nitrogen and oxygen atoms in total. The molecular formula is C76H148O17P2. The van der Waals surface area contributed by atoms with Gasteiger partial charge in [0.05, 0.1) is 26.4 Å². The molecule has 7 atom stereocenters. The maximum Gasteiger partial charge on any atom is 0.472 e. The van der Waals surface area contributed by atoms with Crippen LogP contribution in [0.2, 0.25) is 0 Å². The third kappa shape index (κ3) is 67.6. The molecule has 0 aromatic carbocycles. The molecule has 0 aliphatic heterocycles. The zero-order valence-corrected chi connectivity index (χ0v) is 64.1. The Kier molecular flexibility index (Phi) is 64.0. The highest BCUT2D eigenvalue weighted by atomic mass is 31.2. The first-order valence-corrected chi connectivity index (χ1v) is 42.3. The number of hydrogen-bond acceptors (Lipinski definition) is 15. The van der Waals surface area contributed by atoms with Gasteiger partial charge in [0.2, 0.25) is 0 Å². The van der Waals surface area contributed by atoms with Crippen molar-refractivity contribution in [3.63, 3.8) is 0 Å². The molecule has 0 radical (unpaired) electrons. The molecule has 0 amide bonds. The van der Waals surface area contributed by atoms with Gasteiger partial charge in [-0.1, -0.05) is 331 Å². The number of esters is 4. The predicted octanol–water partition coefficient (Wildman–Crippen LogP) is 22.0. The number of aliphatic hydroxyl groups is 1. The van der Waals surface area contributed by atoms with Crippen LogP contribution in [-0.4, -0.2) is 96.7 Å². The highest BCUT2D eigenvalue weighted by molar-refractivity contribution is 7.47. The van der Waals surface area contributed by atoms with E-state index < -0.39 is 97.5 Å². The number of aliphatic hydroxyl groups excluding tert-OH is 1.